The van der Waals surface area contributed by atoms with Crippen molar-refractivity contribution in [2.45, 2.75) is 6.92 Å². The zero-order valence-electron chi connectivity index (χ0n) is 14.2. The zero-order chi connectivity index (χ0) is 18.4. The van der Waals surface area contributed by atoms with Crippen molar-refractivity contribution >= 4 is 27.3 Å². The van der Waals surface area contributed by atoms with Gasteiger partial charge >= 0.3 is 0 Å². The first-order chi connectivity index (χ1) is 11.9. The van der Waals surface area contributed by atoms with E-state index in [0.29, 0.717) is 28.4 Å². The van der Waals surface area contributed by atoms with E-state index in [1.54, 1.807) is 37.3 Å². The van der Waals surface area contributed by atoms with Crippen LogP contribution in [0.5, 0.6) is 11.5 Å². The third-order valence-electron chi connectivity index (χ3n) is 3.44. The normalized spacial score (nSPS) is 10.8. The van der Waals surface area contributed by atoms with Crippen LogP contribution in [0, 0.1) is 0 Å². The third kappa shape index (κ3) is 4.87. The quantitative estimate of drug-likeness (QED) is 0.788. The SMILES string of the molecule is CCS(=O)(=O)Nc1ccc(C(=O)Nc2ccc(OC)c(OC)c2)cc1. The van der Waals surface area contributed by atoms with Gasteiger partial charge < -0.3 is 14.8 Å². The Morgan fingerprint density at radius 2 is 1.56 bits per heavy atom. The van der Waals surface area contributed by atoms with E-state index >= 15 is 0 Å². The van der Waals surface area contributed by atoms with Crippen molar-refractivity contribution in [2.75, 3.05) is 30.0 Å². The van der Waals surface area contributed by atoms with Gasteiger partial charge in [0.05, 0.1) is 20.0 Å². The molecule has 25 heavy (non-hydrogen) atoms. The highest BCUT2D eigenvalue weighted by Gasteiger charge is 2.11. The molecule has 2 rings (SSSR count). The number of methoxy groups -OCH3 is 2. The number of anilines is 2. The fourth-order valence-corrected chi connectivity index (χ4v) is 2.70. The van der Waals surface area contributed by atoms with Crippen LogP contribution in [0.1, 0.15) is 17.3 Å². The minimum atomic E-state index is -3.34. The van der Waals surface area contributed by atoms with Gasteiger partial charge in [-0.1, -0.05) is 0 Å². The lowest BCUT2D eigenvalue weighted by atomic mass is 10.2. The number of carbonyl (C=O) groups is 1. The van der Waals surface area contributed by atoms with Crippen LogP contribution in [0.25, 0.3) is 0 Å². The number of rotatable bonds is 7. The Kier molecular flexibility index (Phi) is 5.87. The summed E-state index contributed by atoms with van der Waals surface area (Å²) in [6.45, 7) is 1.55. The van der Waals surface area contributed by atoms with E-state index in [1.807, 2.05) is 0 Å². The van der Waals surface area contributed by atoms with Gasteiger partial charge in [0.15, 0.2) is 11.5 Å². The lowest BCUT2D eigenvalue weighted by Crippen LogP contribution is -2.15. The first-order valence-corrected chi connectivity index (χ1v) is 9.17. The summed E-state index contributed by atoms with van der Waals surface area (Å²) < 4.78 is 35.8. The van der Waals surface area contributed by atoms with Crippen molar-refractivity contribution in [1.29, 1.82) is 0 Å². The second-order valence-electron chi connectivity index (χ2n) is 5.11. The van der Waals surface area contributed by atoms with Crippen LogP contribution in [-0.4, -0.2) is 34.3 Å². The highest BCUT2D eigenvalue weighted by molar-refractivity contribution is 7.92. The second kappa shape index (κ2) is 7.89. The molecule has 0 saturated heterocycles. The van der Waals surface area contributed by atoms with E-state index in [0.717, 1.165) is 0 Å². The van der Waals surface area contributed by atoms with Gasteiger partial charge in [-0.15, -0.1) is 0 Å². The lowest BCUT2D eigenvalue weighted by Gasteiger charge is -2.11. The smallest absolute Gasteiger partial charge is 0.255 e. The van der Waals surface area contributed by atoms with Crippen molar-refractivity contribution in [3.63, 3.8) is 0 Å². The van der Waals surface area contributed by atoms with Crippen molar-refractivity contribution in [3.05, 3.63) is 48.0 Å². The van der Waals surface area contributed by atoms with Crippen LogP contribution in [0.4, 0.5) is 11.4 Å². The van der Waals surface area contributed by atoms with Gasteiger partial charge in [0, 0.05) is 23.0 Å². The molecule has 0 aliphatic carbocycles. The monoisotopic (exact) mass is 364 g/mol. The molecule has 0 unspecified atom stereocenters. The molecule has 134 valence electrons. The maximum absolute atomic E-state index is 12.3. The summed E-state index contributed by atoms with van der Waals surface area (Å²) >= 11 is 0. The average Bonchev–Trinajstić information content (AvgIpc) is 2.61. The van der Waals surface area contributed by atoms with Gasteiger partial charge in [-0.05, 0) is 43.3 Å². The number of hydrogen-bond acceptors (Lipinski definition) is 5. The molecule has 0 heterocycles. The van der Waals surface area contributed by atoms with Crippen LogP contribution in [0.3, 0.4) is 0 Å². The summed E-state index contributed by atoms with van der Waals surface area (Å²) in [4.78, 5) is 12.3. The van der Waals surface area contributed by atoms with Gasteiger partial charge in [-0.2, -0.15) is 0 Å². The Morgan fingerprint density at radius 1 is 0.960 bits per heavy atom. The van der Waals surface area contributed by atoms with E-state index in [4.69, 9.17) is 9.47 Å². The molecule has 0 spiro atoms. The molecule has 1 amide bonds. The molecule has 7 nitrogen and oxygen atoms in total. The first-order valence-electron chi connectivity index (χ1n) is 7.52. The number of carbonyl (C=O) groups excluding carboxylic acids is 1. The number of sulfonamides is 1. The van der Waals surface area contributed by atoms with E-state index < -0.39 is 10.0 Å². The summed E-state index contributed by atoms with van der Waals surface area (Å²) in [6.07, 6.45) is 0. The number of amides is 1. The molecule has 2 aromatic carbocycles. The van der Waals surface area contributed by atoms with E-state index in [9.17, 15) is 13.2 Å². The van der Waals surface area contributed by atoms with Crippen molar-refractivity contribution in [3.8, 4) is 11.5 Å². The summed E-state index contributed by atoms with van der Waals surface area (Å²) in [6, 6.07) is 11.2. The van der Waals surface area contributed by atoms with Crippen LogP contribution in [-0.2, 0) is 10.0 Å². The number of nitrogens with one attached hydrogen (secondary N) is 2. The summed E-state index contributed by atoms with van der Waals surface area (Å²) in [5.74, 6) is 0.726. The maximum atomic E-state index is 12.3. The molecule has 0 aromatic heterocycles. The van der Waals surface area contributed by atoms with Gasteiger partial charge in [0.1, 0.15) is 0 Å². The fraction of sp³-hybridized carbons (Fsp3) is 0.235. The molecule has 0 atom stereocenters. The Balaban J connectivity index is 2.11. The predicted molar refractivity (Wildman–Crippen MR) is 97.0 cm³/mol. The van der Waals surface area contributed by atoms with Crippen molar-refractivity contribution in [1.82, 2.24) is 0 Å². The summed E-state index contributed by atoms with van der Waals surface area (Å²) in [5, 5.41) is 2.75. The van der Waals surface area contributed by atoms with Crippen molar-refractivity contribution in [2.24, 2.45) is 0 Å². The molecular formula is C17H20N2O5S. The lowest BCUT2D eigenvalue weighted by molar-refractivity contribution is 0.102. The molecule has 8 heteroatoms. The first kappa shape index (κ1) is 18.6. The van der Waals surface area contributed by atoms with Crippen LogP contribution < -0.4 is 19.5 Å². The standard InChI is InChI=1S/C17H20N2O5S/c1-4-25(21,22)19-13-7-5-12(6-8-13)17(20)18-14-9-10-15(23-2)16(11-14)24-3/h5-11,19H,4H2,1-3H3,(H,18,20). The molecule has 0 radical (unpaired) electrons. The third-order valence-corrected chi connectivity index (χ3v) is 4.75. The zero-order valence-corrected chi connectivity index (χ0v) is 15.0. The molecule has 0 saturated carbocycles. The molecule has 0 aliphatic rings. The van der Waals surface area contributed by atoms with Gasteiger partial charge in [0.2, 0.25) is 10.0 Å². The largest absolute Gasteiger partial charge is 0.493 e. The van der Waals surface area contributed by atoms with E-state index in [1.165, 1.54) is 26.4 Å². The number of ether oxygens (including phenoxy) is 2. The number of benzene rings is 2. The van der Waals surface area contributed by atoms with Gasteiger partial charge in [-0.25, -0.2) is 8.42 Å². The molecule has 0 bridgehead atoms. The van der Waals surface area contributed by atoms with Crippen molar-refractivity contribution < 1.29 is 22.7 Å². The van der Waals surface area contributed by atoms with E-state index in [-0.39, 0.29) is 11.7 Å². The molecule has 0 aliphatic heterocycles. The minimum absolute atomic E-state index is 0.0193. The molecule has 2 aromatic rings. The predicted octanol–water partition coefficient (Wildman–Crippen LogP) is 2.72. The topological polar surface area (TPSA) is 93.7 Å². The highest BCUT2D eigenvalue weighted by atomic mass is 32.2. The van der Waals surface area contributed by atoms with Crippen LogP contribution in [0.15, 0.2) is 42.5 Å². The average molecular weight is 364 g/mol. The molecular weight excluding hydrogens is 344 g/mol. The second-order valence-corrected chi connectivity index (χ2v) is 7.12. The summed E-state index contributed by atoms with van der Waals surface area (Å²) in [7, 11) is -0.299. The van der Waals surface area contributed by atoms with E-state index in [2.05, 4.69) is 10.0 Å². The van der Waals surface area contributed by atoms with Crippen LogP contribution >= 0.6 is 0 Å². The fourth-order valence-electron chi connectivity index (χ4n) is 2.06. The Morgan fingerprint density at radius 3 is 2.12 bits per heavy atom. The highest BCUT2D eigenvalue weighted by Crippen LogP contribution is 2.29. The Labute approximate surface area is 147 Å². The summed E-state index contributed by atoms with van der Waals surface area (Å²) in [5.41, 5.74) is 1.36. The minimum Gasteiger partial charge on any atom is -0.493 e. The molecule has 0 fully saturated rings. The van der Waals surface area contributed by atoms with Gasteiger partial charge in [0.25, 0.3) is 5.91 Å². The van der Waals surface area contributed by atoms with Gasteiger partial charge in [-0.3, -0.25) is 9.52 Å². The molecule has 2 N–H and O–H groups in total. The number of hydrogen-bond donors (Lipinski definition) is 2. The maximum Gasteiger partial charge on any atom is 0.255 e. The Hall–Kier alpha value is -2.74. The Bertz CT molecular complexity index is 848. The van der Waals surface area contributed by atoms with Crippen LogP contribution in [0.2, 0.25) is 0 Å².